The Morgan fingerprint density at radius 1 is 1.12 bits per heavy atom. The Kier molecular flexibility index (Phi) is 6.52. The summed E-state index contributed by atoms with van der Waals surface area (Å²) in [5.74, 6) is -1.47. The number of aliphatic hydroxyl groups is 1. The Balaban J connectivity index is 1.98. The highest BCUT2D eigenvalue weighted by Crippen LogP contribution is 2.22. The van der Waals surface area contributed by atoms with Crippen LogP contribution in [0.2, 0.25) is 0 Å². The summed E-state index contributed by atoms with van der Waals surface area (Å²) in [7, 11) is 0. The molecule has 0 saturated carbocycles. The van der Waals surface area contributed by atoms with E-state index < -0.39 is 17.9 Å². The van der Waals surface area contributed by atoms with Crippen LogP contribution in [-0.2, 0) is 22.4 Å². The fraction of sp³-hybridized carbons (Fsp3) is 0.333. The molecule has 3 N–H and O–H groups in total. The Morgan fingerprint density at radius 3 is 2.33 bits per heavy atom. The summed E-state index contributed by atoms with van der Waals surface area (Å²) in [5, 5.41) is 18.8. The topological polar surface area (TPSA) is 78.4 Å². The lowest BCUT2D eigenvalue weighted by Crippen LogP contribution is -2.38. The lowest BCUT2D eigenvalue weighted by Gasteiger charge is -2.15. The van der Waals surface area contributed by atoms with Crippen molar-refractivity contribution < 1.29 is 14.7 Å². The Labute approximate surface area is 145 Å². The number of nitrogens with one attached hydrogen (secondary N) is 2. The van der Waals surface area contributed by atoms with Crippen LogP contribution in [0.15, 0.2) is 35.0 Å². The highest BCUT2D eigenvalue weighted by molar-refractivity contribution is 7.07. The van der Waals surface area contributed by atoms with Gasteiger partial charge < -0.3 is 15.7 Å². The van der Waals surface area contributed by atoms with Crippen molar-refractivity contribution in [3.8, 4) is 0 Å². The summed E-state index contributed by atoms with van der Waals surface area (Å²) in [6.07, 6.45) is 0.714. The quantitative estimate of drug-likeness (QED) is 0.704. The SMILES string of the molecule is CCc1cccc(CC)c1NC(=O)C(=O)NCC(O)c1ccsc1. The third-order valence-corrected chi connectivity index (χ3v) is 4.53. The molecule has 1 unspecified atom stereocenters. The first-order chi connectivity index (χ1) is 11.6. The molecule has 2 aromatic rings. The monoisotopic (exact) mass is 346 g/mol. The van der Waals surface area contributed by atoms with Crippen molar-refractivity contribution in [2.75, 3.05) is 11.9 Å². The molecule has 0 aliphatic carbocycles. The molecule has 0 spiro atoms. The molecule has 1 atom stereocenters. The number of hydrogen-bond acceptors (Lipinski definition) is 4. The number of thiophene rings is 1. The standard InChI is InChI=1S/C18H22N2O3S/c1-3-12-6-5-7-13(4-2)16(12)20-18(23)17(22)19-10-15(21)14-8-9-24-11-14/h5-9,11,15,21H,3-4,10H2,1-2H3,(H,19,22)(H,20,23). The molecule has 0 bridgehead atoms. The van der Waals surface area contributed by atoms with Gasteiger partial charge >= 0.3 is 11.8 Å². The van der Waals surface area contributed by atoms with Crippen LogP contribution in [-0.4, -0.2) is 23.5 Å². The van der Waals surface area contributed by atoms with E-state index in [9.17, 15) is 14.7 Å². The van der Waals surface area contributed by atoms with E-state index in [0.717, 1.165) is 29.5 Å². The molecular formula is C18H22N2O3S. The second-order valence-corrected chi connectivity index (χ2v) is 6.18. The minimum Gasteiger partial charge on any atom is -0.387 e. The van der Waals surface area contributed by atoms with E-state index in [0.29, 0.717) is 5.69 Å². The summed E-state index contributed by atoms with van der Waals surface area (Å²) in [6, 6.07) is 7.61. The number of rotatable bonds is 6. The number of para-hydroxylation sites is 1. The van der Waals surface area contributed by atoms with Crippen LogP contribution < -0.4 is 10.6 Å². The Morgan fingerprint density at radius 2 is 1.79 bits per heavy atom. The average molecular weight is 346 g/mol. The summed E-state index contributed by atoms with van der Waals surface area (Å²) in [6.45, 7) is 4.00. The van der Waals surface area contributed by atoms with Crippen LogP contribution in [0.3, 0.4) is 0 Å². The number of amides is 2. The van der Waals surface area contributed by atoms with Gasteiger partial charge in [0, 0.05) is 12.2 Å². The van der Waals surface area contributed by atoms with E-state index in [4.69, 9.17) is 0 Å². The molecule has 1 heterocycles. The van der Waals surface area contributed by atoms with Gasteiger partial charge in [-0.15, -0.1) is 0 Å². The summed E-state index contributed by atoms with van der Waals surface area (Å²) in [4.78, 5) is 24.1. The molecule has 1 aromatic carbocycles. The van der Waals surface area contributed by atoms with E-state index in [1.54, 1.807) is 6.07 Å². The predicted molar refractivity (Wildman–Crippen MR) is 96.1 cm³/mol. The van der Waals surface area contributed by atoms with Gasteiger partial charge in [0.05, 0.1) is 6.10 Å². The van der Waals surface area contributed by atoms with E-state index in [1.807, 2.05) is 42.8 Å². The van der Waals surface area contributed by atoms with E-state index in [2.05, 4.69) is 10.6 Å². The van der Waals surface area contributed by atoms with Crippen molar-refractivity contribution in [1.82, 2.24) is 5.32 Å². The van der Waals surface area contributed by atoms with Gasteiger partial charge in [-0.25, -0.2) is 0 Å². The first kappa shape index (κ1) is 18.2. The maximum atomic E-state index is 12.1. The molecule has 0 aliphatic rings. The zero-order valence-corrected chi connectivity index (χ0v) is 14.7. The Hall–Kier alpha value is -2.18. The zero-order chi connectivity index (χ0) is 17.5. The third-order valence-electron chi connectivity index (χ3n) is 3.83. The summed E-state index contributed by atoms with van der Waals surface area (Å²) >= 11 is 1.47. The van der Waals surface area contributed by atoms with Gasteiger partial charge in [-0.3, -0.25) is 9.59 Å². The van der Waals surface area contributed by atoms with Gasteiger partial charge in [-0.2, -0.15) is 11.3 Å². The van der Waals surface area contributed by atoms with Gasteiger partial charge in [-0.1, -0.05) is 32.0 Å². The molecule has 0 aliphatic heterocycles. The van der Waals surface area contributed by atoms with Crippen LogP contribution in [0.4, 0.5) is 5.69 Å². The maximum absolute atomic E-state index is 12.1. The van der Waals surface area contributed by atoms with Crippen LogP contribution in [0.25, 0.3) is 0 Å². The molecule has 6 heteroatoms. The van der Waals surface area contributed by atoms with Gasteiger partial charge in [0.15, 0.2) is 0 Å². The smallest absolute Gasteiger partial charge is 0.313 e. The second kappa shape index (κ2) is 8.61. The number of anilines is 1. The third kappa shape index (κ3) is 4.43. The molecule has 5 nitrogen and oxygen atoms in total. The van der Waals surface area contributed by atoms with Crippen molar-refractivity contribution >= 4 is 28.8 Å². The molecule has 1 aromatic heterocycles. The number of carbonyl (C=O) groups excluding carboxylic acids is 2. The molecule has 0 radical (unpaired) electrons. The molecule has 0 fully saturated rings. The van der Waals surface area contributed by atoms with Gasteiger partial charge in [0.2, 0.25) is 0 Å². The molecule has 24 heavy (non-hydrogen) atoms. The normalized spacial score (nSPS) is 11.8. The number of hydrogen-bond donors (Lipinski definition) is 3. The van der Waals surface area contributed by atoms with E-state index in [1.165, 1.54) is 11.3 Å². The second-order valence-electron chi connectivity index (χ2n) is 5.39. The number of carbonyl (C=O) groups is 2. The molecule has 2 amide bonds. The molecule has 128 valence electrons. The minimum absolute atomic E-state index is 0.000946. The first-order valence-electron chi connectivity index (χ1n) is 7.96. The van der Waals surface area contributed by atoms with Crippen LogP contribution in [0, 0.1) is 0 Å². The summed E-state index contributed by atoms with van der Waals surface area (Å²) in [5.41, 5.74) is 3.42. The fourth-order valence-corrected chi connectivity index (χ4v) is 3.13. The van der Waals surface area contributed by atoms with Crippen molar-refractivity contribution in [2.45, 2.75) is 32.8 Å². The maximum Gasteiger partial charge on any atom is 0.313 e. The number of aryl methyl sites for hydroxylation is 2. The van der Waals surface area contributed by atoms with Crippen LogP contribution in [0.1, 0.15) is 36.6 Å². The predicted octanol–water partition coefficient (Wildman–Crippen LogP) is 2.66. The van der Waals surface area contributed by atoms with E-state index >= 15 is 0 Å². The summed E-state index contributed by atoms with van der Waals surface area (Å²) < 4.78 is 0. The van der Waals surface area contributed by atoms with E-state index in [-0.39, 0.29) is 6.54 Å². The van der Waals surface area contributed by atoms with Gasteiger partial charge in [0.1, 0.15) is 0 Å². The highest BCUT2D eigenvalue weighted by atomic mass is 32.1. The molecule has 0 saturated heterocycles. The zero-order valence-electron chi connectivity index (χ0n) is 13.8. The van der Waals surface area contributed by atoms with Gasteiger partial charge in [0.25, 0.3) is 0 Å². The Bertz CT molecular complexity index is 676. The average Bonchev–Trinajstić information content (AvgIpc) is 3.14. The van der Waals surface area contributed by atoms with Crippen molar-refractivity contribution in [2.24, 2.45) is 0 Å². The molecule has 2 rings (SSSR count). The molecular weight excluding hydrogens is 324 g/mol. The van der Waals surface area contributed by atoms with Crippen LogP contribution >= 0.6 is 11.3 Å². The first-order valence-corrected chi connectivity index (χ1v) is 8.91. The number of aliphatic hydroxyl groups excluding tert-OH is 1. The van der Waals surface area contributed by atoms with Crippen LogP contribution in [0.5, 0.6) is 0 Å². The minimum atomic E-state index is -0.817. The van der Waals surface area contributed by atoms with Gasteiger partial charge in [-0.05, 0) is 46.4 Å². The fourth-order valence-electron chi connectivity index (χ4n) is 2.43. The highest BCUT2D eigenvalue weighted by Gasteiger charge is 2.18. The lowest BCUT2D eigenvalue weighted by molar-refractivity contribution is -0.136. The largest absolute Gasteiger partial charge is 0.387 e. The van der Waals surface area contributed by atoms with Crippen molar-refractivity contribution in [3.05, 3.63) is 51.7 Å². The van der Waals surface area contributed by atoms with Crippen molar-refractivity contribution in [1.29, 1.82) is 0 Å². The number of benzene rings is 1. The van der Waals surface area contributed by atoms with Crippen molar-refractivity contribution in [3.63, 3.8) is 0 Å². The lowest BCUT2D eigenvalue weighted by atomic mass is 10.0.